The van der Waals surface area contributed by atoms with Crippen LogP contribution in [0.3, 0.4) is 0 Å². The maximum Gasteiger partial charge on any atom is 0.221 e. The molecule has 6 nitrogen and oxygen atoms in total. The van der Waals surface area contributed by atoms with Crippen LogP contribution in [-0.2, 0) is 11.3 Å². The summed E-state index contributed by atoms with van der Waals surface area (Å²) in [5, 5.41) is 4.86. The molecular weight excluding hydrogens is 250 g/mol. The molecule has 3 N–H and O–H groups in total. The van der Waals surface area contributed by atoms with Gasteiger partial charge in [0.25, 0.3) is 0 Å². The first-order chi connectivity index (χ1) is 8.79. The lowest BCUT2D eigenvalue weighted by molar-refractivity contribution is -0.120. The number of rotatable bonds is 2. The first-order valence-electron chi connectivity index (χ1n) is 5.95. The number of aromatic nitrogens is 2. The summed E-state index contributed by atoms with van der Waals surface area (Å²) in [6.07, 6.45) is 2.50. The molecule has 0 atom stereocenters. The highest BCUT2D eigenvalue weighted by Crippen LogP contribution is 2.24. The smallest absolute Gasteiger partial charge is 0.221 e. The first kappa shape index (κ1) is 11.5. The minimum absolute atomic E-state index is 0.104. The molecule has 18 heavy (non-hydrogen) atoms. The molecule has 1 saturated heterocycles. The Kier molecular flexibility index (Phi) is 2.92. The van der Waals surface area contributed by atoms with Gasteiger partial charge in [-0.3, -0.25) is 9.20 Å². The Hall–Kier alpha value is -1.60. The zero-order chi connectivity index (χ0) is 12.5. The number of nitrogens with one attached hydrogen (secondary N) is 1. The van der Waals surface area contributed by atoms with E-state index in [0.717, 1.165) is 23.0 Å². The Morgan fingerprint density at radius 3 is 3.22 bits per heavy atom. The minimum atomic E-state index is 0.104. The van der Waals surface area contributed by atoms with Crippen LogP contribution in [0.15, 0.2) is 11.6 Å². The number of amides is 1. The summed E-state index contributed by atoms with van der Waals surface area (Å²) in [5.41, 5.74) is 6.84. The summed E-state index contributed by atoms with van der Waals surface area (Å²) >= 11 is 1.59. The summed E-state index contributed by atoms with van der Waals surface area (Å²) in [7, 11) is 0. The first-order valence-corrected chi connectivity index (χ1v) is 6.83. The lowest BCUT2D eigenvalue weighted by Crippen LogP contribution is -2.29. The molecular formula is C11H15N5OS. The van der Waals surface area contributed by atoms with E-state index in [-0.39, 0.29) is 5.91 Å². The summed E-state index contributed by atoms with van der Waals surface area (Å²) < 4.78 is 2.03. The van der Waals surface area contributed by atoms with Gasteiger partial charge in [-0.1, -0.05) is 0 Å². The molecule has 7 heteroatoms. The minimum Gasteiger partial charge on any atom is -0.354 e. The van der Waals surface area contributed by atoms with Crippen molar-refractivity contribution < 1.29 is 4.79 Å². The largest absolute Gasteiger partial charge is 0.354 e. The number of nitrogens with two attached hydrogens (primary N) is 1. The molecule has 96 valence electrons. The SMILES string of the molecule is NCc1c(N2CCNC(=O)CC2)nc2sccn12. The van der Waals surface area contributed by atoms with E-state index in [1.54, 1.807) is 11.3 Å². The van der Waals surface area contributed by atoms with Gasteiger partial charge in [0, 0.05) is 44.2 Å². The van der Waals surface area contributed by atoms with Crippen LogP contribution in [0.4, 0.5) is 5.82 Å². The average Bonchev–Trinajstić information content (AvgIpc) is 2.86. The van der Waals surface area contributed by atoms with Gasteiger partial charge in [0.05, 0.1) is 5.69 Å². The monoisotopic (exact) mass is 265 g/mol. The number of carbonyl (C=O) groups is 1. The number of carbonyl (C=O) groups excluding carboxylic acids is 1. The predicted octanol–water partition coefficient (Wildman–Crippen LogP) is 0.181. The van der Waals surface area contributed by atoms with Crippen molar-refractivity contribution in [2.75, 3.05) is 24.5 Å². The van der Waals surface area contributed by atoms with Crippen LogP contribution in [-0.4, -0.2) is 34.9 Å². The van der Waals surface area contributed by atoms with E-state index in [1.165, 1.54) is 0 Å². The van der Waals surface area contributed by atoms with Crippen molar-refractivity contribution in [3.63, 3.8) is 0 Å². The van der Waals surface area contributed by atoms with E-state index in [0.29, 0.717) is 26.1 Å². The van der Waals surface area contributed by atoms with Crippen molar-refractivity contribution in [3.8, 4) is 0 Å². The molecule has 3 heterocycles. The van der Waals surface area contributed by atoms with Crippen molar-refractivity contribution in [2.24, 2.45) is 5.73 Å². The number of imidazole rings is 1. The van der Waals surface area contributed by atoms with Crippen molar-refractivity contribution in [1.82, 2.24) is 14.7 Å². The number of nitrogens with zero attached hydrogens (tertiary/aromatic N) is 3. The van der Waals surface area contributed by atoms with E-state index in [2.05, 4.69) is 15.2 Å². The van der Waals surface area contributed by atoms with Crippen LogP contribution in [0.1, 0.15) is 12.1 Å². The Bertz CT molecular complexity index is 575. The summed E-state index contributed by atoms with van der Waals surface area (Å²) in [6.45, 7) is 2.59. The number of fused-ring (bicyclic) bond motifs is 1. The zero-order valence-electron chi connectivity index (χ0n) is 9.93. The molecule has 3 rings (SSSR count). The standard InChI is InChI=1S/C11H15N5OS/c12-7-8-10(14-11-16(8)5-6-18-11)15-3-1-9(17)13-2-4-15/h5-6H,1-4,7,12H2,(H,13,17). The van der Waals surface area contributed by atoms with E-state index >= 15 is 0 Å². The average molecular weight is 265 g/mol. The molecule has 1 aliphatic heterocycles. The van der Waals surface area contributed by atoms with E-state index < -0.39 is 0 Å². The predicted molar refractivity (Wildman–Crippen MR) is 70.8 cm³/mol. The highest BCUT2D eigenvalue weighted by atomic mass is 32.1. The number of thiazole rings is 1. The molecule has 0 aliphatic carbocycles. The van der Waals surface area contributed by atoms with Gasteiger partial charge in [-0.2, -0.15) is 0 Å². The Balaban J connectivity index is 1.97. The molecule has 1 amide bonds. The zero-order valence-corrected chi connectivity index (χ0v) is 10.7. The molecule has 2 aromatic rings. The fourth-order valence-corrected chi connectivity index (χ4v) is 2.97. The third-order valence-corrected chi connectivity index (χ3v) is 3.90. The third kappa shape index (κ3) is 1.85. The quantitative estimate of drug-likeness (QED) is 0.812. The molecule has 0 radical (unpaired) electrons. The van der Waals surface area contributed by atoms with Gasteiger partial charge in [0.2, 0.25) is 5.91 Å². The third-order valence-electron chi connectivity index (χ3n) is 3.15. The lowest BCUT2D eigenvalue weighted by atomic mass is 10.3. The maximum atomic E-state index is 11.4. The Labute approximate surface area is 108 Å². The van der Waals surface area contributed by atoms with E-state index in [9.17, 15) is 4.79 Å². The van der Waals surface area contributed by atoms with Gasteiger partial charge in [-0.15, -0.1) is 11.3 Å². The van der Waals surface area contributed by atoms with Gasteiger partial charge in [0.15, 0.2) is 10.8 Å². The normalized spacial score (nSPS) is 16.9. The van der Waals surface area contributed by atoms with Crippen LogP contribution >= 0.6 is 11.3 Å². The van der Waals surface area contributed by atoms with Gasteiger partial charge < -0.3 is 16.0 Å². The molecule has 1 fully saturated rings. The van der Waals surface area contributed by atoms with Crippen LogP contribution in [0, 0.1) is 0 Å². The highest BCUT2D eigenvalue weighted by molar-refractivity contribution is 7.15. The summed E-state index contributed by atoms with van der Waals surface area (Å²) in [4.78, 5) is 19.1. The van der Waals surface area contributed by atoms with Crippen molar-refractivity contribution in [1.29, 1.82) is 0 Å². The summed E-state index contributed by atoms with van der Waals surface area (Å²) in [5.74, 6) is 1.02. The van der Waals surface area contributed by atoms with E-state index in [1.807, 2.05) is 16.0 Å². The topological polar surface area (TPSA) is 75.7 Å². The maximum absolute atomic E-state index is 11.4. The Morgan fingerprint density at radius 2 is 2.39 bits per heavy atom. The van der Waals surface area contributed by atoms with Crippen LogP contribution < -0.4 is 16.0 Å². The van der Waals surface area contributed by atoms with Crippen molar-refractivity contribution >= 4 is 28.0 Å². The van der Waals surface area contributed by atoms with Crippen LogP contribution in [0.25, 0.3) is 4.96 Å². The molecule has 2 aromatic heterocycles. The molecule has 0 saturated carbocycles. The lowest BCUT2D eigenvalue weighted by Gasteiger charge is -2.20. The van der Waals surface area contributed by atoms with Crippen LogP contribution in [0.2, 0.25) is 0 Å². The second kappa shape index (κ2) is 4.58. The number of hydrogen-bond donors (Lipinski definition) is 2. The van der Waals surface area contributed by atoms with E-state index in [4.69, 9.17) is 5.73 Å². The highest BCUT2D eigenvalue weighted by Gasteiger charge is 2.20. The fourth-order valence-electron chi connectivity index (χ4n) is 2.24. The van der Waals surface area contributed by atoms with Gasteiger partial charge >= 0.3 is 0 Å². The van der Waals surface area contributed by atoms with Gasteiger partial charge in [-0.05, 0) is 0 Å². The molecule has 1 aliphatic rings. The summed E-state index contributed by atoms with van der Waals surface area (Å²) in [6, 6.07) is 0. The Morgan fingerprint density at radius 1 is 1.50 bits per heavy atom. The second-order valence-corrected chi connectivity index (χ2v) is 5.10. The number of anilines is 1. The molecule has 0 bridgehead atoms. The van der Waals surface area contributed by atoms with Gasteiger partial charge in [-0.25, -0.2) is 4.98 Å². The second-order valence-electron chi connectivity index (χ2n) is 4.23. The van der Waals surface area contributed by atoms with Gasteiger partial charge in [0.1, 0.15) is 0 Å². The molecule has 0 spiro atoms. The molecule has 0 unspecified atom stereocenters. The fraction of sp³-hybridized carbons (Fsp3) is 0.455. The molecule has 0 aromatic carbocycles. The number of hydrogen-bond acceptors (Lipinski definition) is 5. The van der Waals surface area contributed by atoms with Crippen molar-refractivity contribution in [3.05, 3.63) is 17.3 Å². The van der Waals surface area contributed by atoms with Crippen molar-refractivity contribution in [2.45, 2.75) is 13.0 Å². The van der Waals surface area contributed by atoms with Crippen LogP contribution in [0.5, 0.6) is 0 Å².